The molecule has 17 heavy (non-hydrogen) atoms. The van der Waals surface area contributed by atoms with Gasteiger partial charge in [-0.15, -0.1) is 0 Å². The molecule has 0 amide bonds. The summed E-state index contributed by atoms with van der Waals surface area (Å²) in [4.78, 5) is 5.48. The third-order valence-electron chi connectivity index (χ3n) is 5.64. The van der Waals surface area contributed by atoms with E-state index in [9.17, 15) is 0 Å². The second-order valence-electron chi connectivity index (χ2n) is 6.78. The van der Waals surface area contributed by atoms with Crippen molar-refractivity contribution in [2.45, 2.75) is 13.8 Å². The zero-order chi connectivity index (χ0) is 12.0. The molecule has 4 rings (SSSR count). The summed E-state index contributed by atoms with van der Waals surface area (Å²) in [7, 11) is 2.12. The normalized spacial score (nSPS) is 48.7. The minimum atomic E-state index is 0.542. The van der Waals surface area contributed by atoms with Gasteiger partial charge in [0.15, 0.2) is 0 Å². The minimum absolute atomic E-state index is 0.542. The van der Waals surface area contributed by atoms with Gasteiger partial charge in [0.05, 0.1) is 0 Å². The van der Waals surface area contributed by atoms with Crippen LogP contribution in [0.3, 0.4) is 0 Å². The van der Waals surface area contributed by atoms with E-state index in [1.54, 1.807) is 0 Å². The second-order valence-corrected chi connectivity index (χ2v) is 6.78. The van der Waals surface area contributed by atoms with Gasteiger partial charge in [0.25, 0.3) is 0 Å². The molecule has 0 aromatic heterocycles. The standard InChI is InChI=1S/C14H27N3/c1-11(2)14-9-16-4-5-17(10-14)8-12(7-16)13(14)6-15-3/h11-13,15H,4-10H2,1-3H3. The Kier molecular flexibility index (Phi) is 2.96. The maximum atomic E-state index is 3.46. The lowest BCUT2D eigenvalue weighted by atomic mass is 9.58. The highest BCUT2D eigenvalue weighted by Crippen LogP contribution is 2.49. The lowest BCUT2D eigenvalue weighted by Gasteiger charge is -2.57. The smallest absolute Gasteiger partial charge is 0.0110 e. The Morgan fingerprint density at radius 2 is 1.76 bits per heavy atom. The molecule has 0 radical (unpaired) electrons. The Hall–Kier alpha value is -0.120. The van der Waals surface area contributed by atoms with Crippen LogP contribution in [0.1, 0.15) is 13.8 Å². The molecule has 98 valence electrons. The monoisotopic (exact) mass is 237 g/mol. The minimum Gasteiger partial charge on any atom is -0.319 e. The molecule has 0 saturated carbocycles. The fourth-order valence-corrected chi connectivity index (χ4v) is 4.70. The number of hydrogen-bond acceptors (Lipinski definition) is 3. The number of rotatable bonds is 3. The van der Waals surface area contributed by atoms with E-state index in [2.05, 4.69) is 36.0 Å². The van der Waals surface area contributed by atoms with Gasteiger partial charge in [-0.05, 0) is 31.3 Å². The van der Waals surface area contributed by atoms with Crippen molar-refractivity contribution in [2.24, 2.45) is 23.2 Å². The first kappa shape index (κ1) is 11.9. The van der Waals surface area contributed by atoms with Crippen molar-refractivity contribution in [1.82, 2.24) is 15.1 Å². The molecule has 4 saturated heterocycles. The van der Waals surface area contributed by atoms with Crippen molar-refractivity contribution in [3.05, 3.63) is 0 Å². The van der Waals surface area contributed by atoms with Crippen LogP contribution in [0.15, 0.2) is 0 Å². The van der Waals surface area contributed by atoms with Gasteiger partial charge in [0, 0.05) is 44.7 Å². The van der Waals surface area contributed by atoms with Gasteiger partial charge in [-0.2, -0.15) is 0 Å². The molecule has 4 aliphatic heterocycles. The molecule has 4 aliphatic rings. The topological polar surface area (TPSA) is 18.5 Å². The van der Waals surface area contributed by atoms with E-state index in [0.717, 1.165) is 17.8 Å². The molecule has 4 heterocycles. The summed E-state index contributed by atoms with van der Waals surface area (Å²) in [5.41, 5.74) is 0.542. The van der Waals surface area contributed by atoms with Crippen LogP contribution in [0.25, 0.3) is 0 Å². The molecule has 4 fully saturated rings. The second kappa shape index (κ2) is 4.22. The maximum absolute atomic E-state index is 3.46. The number of piperidine rings is 2. The fraction of sp³-hybridized carbons (Fsp3) is 1.00. The highest BCUT2D eigenvalue weighted by molar-refractivity contribution is 5.07. The van der Waals surface area contributed by atoms with Crippen molar-refractivity contribution < 1.29 is 0 Å². The first-order valence-corrected chi connectivity index (χ1v) is 7.25. The number of nitrogens with one attached hydrogen (secondary N) is 1. The molecule has 3 heteroatoms. The summed E-state index contributed by atoms with van der Waals surface area (Å²) in [5, 5.41) is 3.46. The molecule has 3 atom stereocenters. The average Bonchev–Trinajstić information content (AvgIpc) is 2.51. The van der Waals surface area contributed by atoms with E-state index in [1.807, 2.05) is 0 Å². The summed E-state index contributed by atoms with van der Waals surface area (Å²) in [5.74, 6) is 2.58. The van der Waals surface area contributed by atoms with Gasteiger partial charge in [-0.25, -0.2) is 0 Å². The molecule has 0 aromatic rings. The summed E-state index contributed by atoms with van der Waals surface area (Å²) < 4.78 is 0. The number of nitrogens with zero attached hydrogens (tertiary/aromatic N) is 2. The predicted octanol–water partition coefficient (Wildman–Crippen LogP) is 0.725. The Labute approximate surface area is 106 Å². The highest BCUT2D eigenvalue weighted by atomic mass is 15.3. The van der Waals surface area contributed by atoms with Crippen LogP contribution in [0.5, 0.6) is 0 Å². The molecule has 3 unspecified atom stereocenters. The zero-order valence-corrected chi connectivity index (χ0v) is 11.6. The van der Waals surface area contributed by atoms with Crippen LogP contribution in [-0.4, -0.2) is 62.7 Å². The van der Waals surface area contributed by atoms with E-state index in [0.29, 0.717) is 5.41 Å². The van der Waals surface area contributed by atoms with E-state index in [4.69, 9.17) is 0 Å². The SMILES string of the molecule is CNCC1C2CN3CCN(C2)CC1(C(C)C)C3. The van der Waals surface area contributed by atoms with Gasteiger partial charge < -0.3 is 15.1 Å². The lowest BCUT2D eigenvalue weighted by Crippen LogP contribution is -2.64. The van der Waals surface area contributed by atoms with Gasteiger partial charge in [0.1, 0.15) is 0 Å². The van der Waals surface area contributed by atoms with Gasteiger partial charge in [-0.3, -0.25) is 0 Å². The number of fused-ring (bicyclic) bond motifs is 1. The fourth-order valence-electron chi connectivity index (χ4n) is 4.70. The molecule has 0 aromatic carbocycles. The van der Waals surface area contributed by atoms with Crippen LogP contribution >= 0.6 is 0 Å². The summed E-state index contributed by atoms with van der Waals surface area (Å²) in [6.07, 6.45) is 0. The van der Waals surface area contributed by atoms with Gasteiger partial charge in [-0.1, -0.05) is 13.8 Å². The summed E-state index contributed by atoms with van der Waals surface area (Å²) >= 11 is 0. The first-order chi connectivity index (χ1) is 8.15. The van der Waals surface area contributed by atoms with E-state index >= 15 is 0 Å². The highest BCUT2D eigenvalue weighted by Gasteiger charge is 2.54. The van der Waals surface area contributed by atoms with E-state index in [1.165, 1.54) is 45.8 Å². The molecular formula is C14H27N3. The molecule has 0 aliphatic carbocycles. The molecular weight excluding hydrogens is 210 g/mol. The Morgan fingerprint density at radius 3 is 2.24 bits per heavy atom. The summed E-state index contributed by atoms with van der Waals surface area (Å²) in [6.45, 7) is 14.1. The third-order valence-corrected chi connectivity index (χ3v) is 5.64. The van der Waals surface area contributed by atoms with Gasteiger partial charge >= 0.3 is 0 Å². The molecule has 1 N–H and O–H groups in total. The Bertz CT molecular complexity index is 273. The van der Waals surface area contributed by atoms with Crippen LogP contribution < -0.4 is 5.32 Å². The molecule has 3 nitrogen and oxygen atoms in total. The van der Waals surface area contributed by atoms with Crippen molar-refractivity contribution in [3.63, 3.8) is 0 Å². The van der Waals surface area contributed by atoms with Gasteiger partial charge in [0.2, 0.25) is 0 Å². The third kappa shape index (κ3) is 1.74. The lowest BCUT2D eigenvalue weighted by molar-refractivity contribution is -0.0847. The average molecular weight is 237 g/mol. The van der Waals surface area contributed by atoms with Crippen LogP contribution in [0.2, 0.25) is 0 Å². The van der Waals surface area contributed by atoms with Crippen molar-refractivity contribution >= 4 is 0 Å². The largest absolute Gasteiger partial charge is 0.319 e. The first-order valence-electron chi connectivity index (χ1n) is 7.25. The van der Waals surface area contributed by atoms with Crippen LogP contribution in [0.4, 0.5) is 0 Å². The molecule has 0 spiro atoms. The van der Waals surface area contributed by atoms with Crippen LogP contribution in [0, 0.1) is 23.2 Å². The van der Waals surface area contributed by atoms with Crippen molar-refractivity contribution in [3.8, 4) is 0 Å². The maximum Gasteiger partial charge on any atom is 0.0110 e. The van der Waals surface area contributed by atoms with Crippen LogP contribution in [-0.2, 0) is 0 Å². The van der Waals surface area contributed by atoms with Crippen molar-refractivity contribution in [2.75, 3.05) is 52.9 Å². The van der Waals surface area contributed by atoms with E-state index < -0.39 is 0 Å². The quantitative estimate of drug-likeness (QED) is 0.780. The zero-order valence-electron chi connectivity index (χ0n) is 11.6. The Balaban J connectivity index is 1.95. The predicted molar refractivity (Wildman–Crippen MR) is 71.1 cm³/mol. The van der Waals surface area contributed by atoms with E-state index in [-0.39, 0.29) is 0 Å². The Morgan fingerprint density at radius 1 is 1.18 bits per heavy atom. The molecule has 4 bridgehead atoms. The number of hydrogen-bond donors (Lipinski definition) is 1. The summed E-state index contributed by atoms with van der Waals surface area (Å²) in [6, 6.07) is 0. The van der Waals surface area contributed by atoms with Crippen molar-refractivity contribution in [1.29, 1.82) is 0 Å².